The normalized spacial score (nSPS) is 10.8. The van der Waals surface area contributed by atoms with Gasteiger partial charge in [-0.2, -0.15) is 0 Å². The minimum atomic E-state index is -0.136. The first kappa shape index (κ1) is 17.2. The zero-order valence-corrected chi connectivity index (χ0v) is 14.8. The number of fused-ring (bicyclic) bond motifs is 1. The van der Waals surface area contributed by atoms with E-state index in [4.69, 9.17) is 0 Å². The molecule has 0 aliphatic heterocycles. The molecule has 0 bridgehead atoms. The zero-order valence-electron chi connectivity index (χ0n) is 14.0. The van der Waals surface area contributed by atoms with Crippen LogP contribution in [0.1, 0.15) is 21.9 Å². The molecule has 0 aliphatic rings. The number of nitrogens with zero attached hydrogens (tertiary/aromatic N) is 2. The van der Waals surface area contributed by atoms with E-state index in [1.807, 2.05) is 42.6 Å². The Labute approximate surface area is 149 Å². The molecule has 0 spiro atoms. The predicted octanol–water partition coefficient (Wildman–Crippen LogP) is 2.34. The van der Waals surface area contributed by atoms with Gasteiger partial charge in [-0.15, -0.1) is 11.3 Å². The summed E-state index contributed by atoms with van der Waals surface area (Å²) in [7, 11) is 0. The SMILES string of the molecule is Cc1nc2ccccc2n1CCNC(=O)CCNC(=O)c1cccs1. The summed E-state index contributed by atoms with van der Waals surface area (Å²) in [5.74, 6) is 0.718. The molecule has 2 amide bonds. The van der Waals surface area contributed by atoms with Gasteiger partial charge in [-0.1, -0.05) is 18.2 Å². The molecule has 0 unspecified atom stereocenters. The maximum absolute atomic E-state index is 11.9. The predicted molar refractivity (Wildman–Crippen MR) is 98.7 cm³/mol. The highest BCUT2D eigenvalue weighted by atomic mass is 32.1. The second-order valence-electron chi connectivity index (χ2n) is 5.63. The molecule has 2 heterocycles. The van der Waals surface area contributed by atoms with Crippen LogP contribution in [0.25, 0.3) is 11.0 Å². The van der Waals surface area contributed by atoms with Crippen molar-refractivity contribution in [2.45, 2.75) is 19.9 Å². The van der Waals surface area contributed by atoms with Crippen LogP contribution in [0, 0.1) is 6.92 Å². The highest BCUT2D eigenvalue weighted by molar-refractivity contribution is 7.12. The van der Waals surface area contributed by atoms with E-state index in [2.05, 4.69) is 20.2 Å². The summed E-state index contributed by atoms with van der Waals surface area (Å²) in [6, 6.07) is 11.5. The summed E-state index contributed by atoms with van der Waals surface area (Å²) >= 11 is 1.38. The average Bonchev–Trinajstić information content (AvgIpc) is 3.23. The van der Waals surface area contributed by atoms with Gasteiger partial charge in [0.1, 0.15) is 5.82 Å². The van der Waals surface area contributed by atoms with Crippen molar-refractivity contribution in [2.75, 3.05) is 13.1 Å². The first-order valence-electron chi connectivity index (χ1n) is 8.15. The number of rotatable bonds is 7. The number of benzene rings is 1. The van der Waals surface area contributed by atoms with E-state index in [1.54, 1.807) is 6.07 Å². The highest BCUT2D eigenvalue weighted by Gasteiger charge is 2.09. The zero-order chi connectivity index (χ0) is 17.6. The molecule has 3 aromatic rings. The van der Waals surface area contributed by atoms with E-state index < -0.39 is 0 Å². The molecular weight excluding hydrogens is 336 g/mol. The van der Waals surface area contributed by atoms with Crippen molar-refractivity contribution >= 4 is 34.2 Å². The van der Waals surface area contributed by atoms with E-state index in [0.29, 0.717) is 24.5 Å². The molecule has 0 saturated carbocycles. The van der Waals surface area contributed by atoms with Crippen LogP contribution in [-0.2, 0) is 11.3 Å². The maximum atomic E-state index is 11.9. The molecular formula is C18H20N4O2S. The third-order valence-electron chi connectivity index (χ3n) is 3.89. The van der Waals surface area contributed by atoms with Crippen LogP contribution in [0.15, 0.2) is 41.8 Å². The van der Waals surface area contributed by atoms with Crippen LogP contribution in [0.5, 0.6) is 0 Å². The molecule has 0 atom stereocenters. The number of para-hydroxylation sites is 2. The molecule has 0 aliphatic carbocycles. The lowest BCUT2D eigenvalue weighted by atomic mass is 10.3. The van der Waals surface area contributed by atoms with Crippen LogP contribution in [-0.4, -0.2) is 34.5 Å². The van der Waals surface area contributed by atoms with Gasteiger partial charge in [0.2, 0.25) is 5.91 Å². The summed E-state index contributed by atoms with van der Waals surface area (Å²) in [4.78, 5) is 28.8. The molecule has 7 heteroatoms. The molecule has 1 aromatic carbocycles. The van der Waals surface area contributed by atoms with E-state index in [-0.39, 0.29) is 18.2 Å². The van der Waals surface area contributed by atoms with Gasteiger partial charge in [0.15, 0.2) is 0 Å². The van der Waals surface area contributed by atoms with Gasteiger partial charge >= 0.3 is 0 Å². The number of thiophene rings is 1. The van der Waals surface area contributed by atoms with Crippen molar-refractivity contribution in [3.05, 3.63) is 52.5 Å². The minimum Gasteiger partial charge on any atom is -0.354 e. The van der Waals surface area contributed by atoms with Crippen molar-refractivity contribution in [3.63, 3.8) is 0 Å². The van der Waals surface area contributed by atoms with Gasteiger partial charge in [-0.3, -0.25) is 9.59 Å². The summed E-state index contributed by atoms with van der Waals surface area (Å²) in [5, 5.41) is 7.48. The van der Waals surface area contributed by atoms with Crippen molar-refractivity contribution < 1.29 is 9.59 Å². The summed E-state index contributed by atoms with van der Waals surface area (Å²) in [5.41, 5.74) is 2.03. The Hall–Kier alpha value is -2.67. The molecule has 130 valence electrons. The number of imidazole rings is 1. The topological polar surface area (TPSA) is 76.0 Å². The Kier molecular flexibility index (Phi) is 5.45. The fourth-order valence-electron chi connectivity index (χ4n) is 2.66. The standard InChI is InChI=1S/C18H20N4O2S/c1-13-21-14-5-2-3-6-15(14)22(13)11-10-19-17(23)8-9-20-18(24)16-7-4-12-25-16/h2-7,12H,8-11H2,1H3,(H,19,23)(H,20,24). The Morgan fingerprint density at radius 2 is 1.96 bits per heavy atom. The number of hydrogen-bond donors (Lipinski definition) is 2. The molecule has 6 nitrogen and oxygen atoms in total. The highest BCUT2D eigenvalue weighted by Crippen LogP contribution is 2.14. The molecule has 2 aromatic heterocycles. The number of aromatic nitrogens is 2. The summed E-state index contributed by atoms with van der Waals surface area (Å²) < 4.78 is 2.09. The van der Waals surface area contributed by atoms with E-state index in [1.165, 1.54) is 11.3 Å². The Bertz CT molecular complexity index is 870. The van der Waals surface area contributed by atoms with Crippen molar-refractivity contribution in [1.82, 2.24) is 20.2 Å². The fraction of sp³-hybridized carbons (Fsp3) is 0.278. The summed E-state index contributed by atoms with van der Waals surface area (Å²) in [6.07, 6.45) is 0.265. The lowest BCUT2D eigenvalue weighted by molar-refractivity contribution is -0.120. The first-order valence-corrected chi connectivity index (χ1v) is 9.03. The average molecular weight is 356 g/mol. The smallest absolute Gasteiger partial charge is 0.261 e. The van der Waals surface area contributed by atoms with E-state index in [9.17, 15) is 9.59 Å². The van der Waals surface area contributed by atoms with Crippen LogP contribution < -0.4 is 10.6 Å². The van der Waals surface area contributed by atoms with Gasteiger partial charge in [0, 0.05) is 26.1 Å². The molecule has 0 radical (unpaired) electrons. The van der Waals surface area contributed by atoms with Gasteiger partial charge in [0.05, 0.1) is 15.9 Å². The maximum Gasteiger partial charge on any atom is 0.261 e. The second kappa shape index (κ2) is 7.94. The largest absolute Gasteiger partial charge is 0.354 e. The minimum absolute atomic E-state index is 0.0754. The van der Waals surface area contributed by atoms with Gasteiger partial charge in [-0.05, 0) is 30.5 Å². The quantitative estimate of drug-likeness (QED) is 0.682. The number of nitrogens with one attached hydrogen (secondary N) is 2. The van der Waals surface area contributed by atoms with E-state index in [0.717, 1.165) is 16.9 Å². The Morgan fingerprint density at radius 3 is 2.76 bits per heavy atom. The van der Waals surface area contributed by atoms with Crippen molar-refractivity contribution in [1.29, 1.82) is 0 Å². The third kappa shape index (κ3) is 4.24. The monoisotopic (exact) mass is 356 g/mol. The lowest BCUT2D eigenvalue weighted by Crippen LogP contribution is -2.32. The number of aryl methyl sites for hydroxylation is 1. The Morgan fingerprint density at radius 1 is 1.12 bits per heavy atom. The van der Waals surface area contributed by atoms with Crippen LogP contribution in [0.3, 0.4) is 0 Å². The molecule has 3 rings (SSSR count). The fourth-order valence-corrected chi connectivity index (χ4v) is 3.30. The van der Waals surface area contributed by atoms with Crippen molar-refractivity contribution in [2.24, 2.45) is 0 Å². The molecule has 25 heavy (non-hydrogen) atoms. The molecule has 0 saturated heterocycles. The number of amides is 2. The number of carbonyl (C=O) groups is 2. The molecule has 0 fully saturated rings. The number of carbonyl (C=O) groups excluding carboxylic acids is 2. The number of hydrogen-bond acceptors (Lipinski definition) is 4. The van der Waals surface area contributed by atoms with Crippen LogP contribution in [0.4, 0.5) is 0 Å². The van der Waals surface area contributed by atoms with Crippen molar-refractivity contribution in [3.8, 4) is 0 Å². The van der Waals surface area contributed by atoms with Gasteiger partial charge in [0.25, 0.3) is 5.91 Å². The van der Waals surface area contributed by atoms with Crippen LogP contribution >= 0.6 is 11.3 Å². The first-order chi connectivity index (χ1) is 12.1. The molecule has 2 N–H and O–H groups in total. The van der Waals surface area contributed by atoms with Crippen LogP contribution in [0.2, 0.25) is 0 Å². The second-order valence-corrected chi connectivity index (χ2v) is 6.58. The van der Waals surface area contributed by atoms with Gasteiger partial charge < -0.3 is 15.2 Å². The van der Waals surface area contributed by atoms with E-state index >= 15 is 0 Å². The Balaban J connectivity index is 1.42. The lowest BCUT2D eigenvalue weighted by Gasteiger charge is -2.09. The third-order valence-corrected chi connectivity index (χ3v) is 4.75. The summed E-state index contributed by atoms with van der Waals surface area (Å²) in [6.45, 7) is 3.48. The van der Waals surface area contributed by atoms with Gasteiger partial charge in [-0.25, -0.2) is 4.98 Å².